The van der Waals surface area contributed by atoms with E-state index in [4.69, 9.17) is 0 Å². The number of likely N-dealkylation sites (N-methyl/N-ethyl adjacent to an activating group) is 2. The topological polar surface area (TPSA) is 38.8 Å². The van der Waals surface area contributed by atoms with Gasteiger partial charge in [-0.1, -0.05) is 91.3 Å². The molecule has 4 unspecified atom stereocenters. The minimum absolute atomic E-state index is 0.0532. The number of amides is 1. The van der Waals surface area contributed by atoms with Gasteiger partial charge in [-0.2, -0.15) is 0 Å². The SMILES string of the molecule is CNC1(c2ccccc2)CC1N1CCCC(c2cccc(C(CN3CCCCC3)N(C)C(=O)Cc3ccccc3)c2)C1. The number of nitrogens with one attached hydrogen (secondary N) is 1. The van der Waals surface area contributed by atoms with Crippen molar-refractivity contribution in [1.82, 2.24) is 20.0 Å². The lowest BCUT2D eigenvalue weighted by Gasteiger charge is -2.37. The maximum Gasteiger partial charge on any atom is 0.227 e. The minimum Gasteiger partial charge on any atom is -0.337 e. The first kappa shape index (κ1) is 29.1. The first-order chi connectivity index (χ1) is 20.6. The summed E-state index contributed by atoms with van der Waals surface area (Å²) < 4.78 is 0. The van der Waals surface area contributed by atoms with Crippen molar-refractivity contribution in [3.05, 3.63) is 107 Å². The Morgan fingerprint density at radius 1 is 0.929 bits per heavy atom. The van der Waals surface area contributed by atoms with Crippen LogP contribution in [0.2, 0.25) is 0 Å². The molecule has 1 aliphatic carbocycles. The highest BCUT2D eigenvalue weighted by Crippen LogP contribution is 2.50. The number of benzene rings is 3. The molecule has 1 amide bonds. The Hall–Kier alpha value is -2.99. The van der Waals surface area contributed by atoms with Gasteiger partial charge >= 0.3 is 0 Å². The van der Waals surface area contributed by atoms with Gasteiger partial charge in [-0.05, 0) is 87.0 Å². The van der Waals surface area contributed by atoms with Crippen molar-refractivity contribution >= 4 is 5.91 Å². The number of piperidine rings is 2. The molecule has 3 aromatic rings. The van der Waals surface area contributed by atoms with Crippen molar-refractivity contribution in [1.29, 1.82) is 0 Å². The summed E-state index contributed by atoms with van der Waals surface area (Å²) in [5.74, 6) is 0.709. The molecular weight excluding hydrogens is 516 g/mol. The van der Waals surface area contributed by atoms with Crippen LogP contribution >= 0.6 is 0 Å². The van der Waals surface area contributed by atoms with Crippen LogP contribution in [0, 0.1) is 0 Å². The van der Waals surface area contributed by atoms with Gasteiger partial charge in [0.2, 0.25) is 5.91 Å². The summed E-state index contributed by atoms with van der Waals surface area (Å²) in [6.07, 6.45) is 7.90. The first-order valence-corrected chi connectivity index (χ1v) is 16.2. The number of hydrogen-bond donors (Lipinski definition) is 1. The molecule has 222 valence electrons. The van der Waals surface area contributed by atoms with Gasteiger partial charge in [0, 0.05) is 26.2 Å². The van der Waals surface area contributed by atoms with E-state index in [1.165, 1.54) is 61.8 Å². The Labute approximate surface area is 252 Å². The van der Waals surface area contributed by atoms with Crippen LogP contribution in [0.4, 0.5) is 0 Å². The largest absolute Gasteiger partial charge is 0.337 e. The molecule has 6 rings (SSSR count). The van der Waals surface area contributed by atoms with Crippen molar-refractivity contribution in [2.75, 3.05) is 46.8 Å². The van der Waals surface area contributed by atoms with Crippen LogP contribution < -0.4 is 5.32 Å². The number of hydrogen-bond acceptors (Lipinski definition) is 4. The molecule has 5 nitrogen and oxygen atoms in total. The van der Waals surface area contributed by atoms with E-state index in [9.17, 15) is 4.79 Å². The molecule has 0 spiro atoms. The molecule has 0 bridgehead atoms. The van der Waals surface area contributed by atoms with Crippen LogP contribution in [0.1, 0.15) is 72.7 Å². The third kappa shape index (κ3) is 6.34. The fourth-order valence-electron chi connectivity index (χ4n) is 7.63. The second-order valence-corrected chi connectivity index (χ2v) is 12.9. The van der Waals surface area contributed by atoms with Crippen molar-refractivity contribution in [2.24, 2.45) is 0 Å². The average molecular weight is 565 g/mol. The smallest absolute Gasteiger partial charge is 0.227 e. The van der Waals surface area contributed by atoms with Gasteiger partial charge in [-0.3, -0.25) is 9.69 Å². The molecule has 0 aromatic heterocycles. The van der Waals surface area contributed by atoms with E-state index in [1.807, 2.05) is 30.1 Å². The zero-order chi connectivity index (χ0) is 28.9. The summed E-state index contributed by atoms with van der Waals surface area (Å²) in [5.41, 5.74) is 5.27. The minimum atomic E-state index is 0.0532. The predicted octanol–water partition coefficient (Wildman–Crippen LogP) is 5.98. The number of rotatable bonds is 10. The lowest BCUT2D eigenvalue weighted by Crippen LogP contribution is -2.42. The van der Waals surface area contributed by atoms with Crippen LogP contribution in [0.5, 0.6) is 0 Å². The zero-order valence-electron chi connectivity index (χ0n) is 25.6. The Morgan fingerprint density at radius 2 is 1.67 bits per heavy atom. The maximum absolute atomic E-state index is 13.6. The molecule has 42 heavy (non-hydrogen) atoms. The molecule has 2 saturated heterocycles. The van der Waals surface area contributed by atoms with Gasteiger partial charge in [0.25, 0.3) is 0 Å². The number of carbonyl (C=O) groups is 1. The van der Waals surface area contributed by atoms with Crippen LogP contribution in [0.25, 0.3) is 0 Å². The van der Waals surface area contributed by atoms with E-state index in [-0.39, 0.29) is 17.5 Å². The van der Waals surface area contributed by atoms with E-state index in [0.29, 0.717) is 18.4 Å². The third-order valence-corrected chi connectivity index (χ3v) is 10.3. The molecular formula is C37H48N4O. The Balaban J connectivity index is 1.20. The van der Waals surface area contributed by atoms with Gasteiger partial charge in [-0.15, -0.1) is 0 Å². The quantitative estimate of drug-likeness (QED) is 0.329. The molecule has 1 N–H and O–H groups in total. The molecule has 3 aromatic carbocycles. The number of nitrogens with zero attached hydrogens (tertiary/aromatic N) is 3. The van der Waals surface area contributed by atoms with Crippen molar-refractivity contribution < 1.29 is 4.79 Å². The summed E-state index contributed by atoms with van der Waals surface area (Å²) in [6, 6.07) is 31.0. The van der Waals surface area contributed by atoms with Gasteiger partial charge < -0.3 is 15.1 Å². The van der Waals surface area contributed by atoms with E-state index in [0.717, 1.165) is 31.7 Å². The van der Waals surface area contributed by atoms with Gasteiger partial charge in [0.05, 0.1) is 18.0 Å². The highest BCUT2D eigenvalue weighted by molar-refractivity contribution is 5.79. The second-order valence-electron chi connectivity index (χ2n) is 12.9. The van der Waals surface area contributed by atoms with Gasteiger partial charge in [0.15, 0.2) is 0 Å². The standard InChI is InChI=1S/C37H48N4O/c1-38-37(33-19-8-4-9-20-33)26-35(37)41-23-13-18-32(27-41)30-16-12-17-31(25-30)34(28-40-21-10-5-11-22-40)39(2)36(42)24-29-14-6-3-7-15-29/h3-4,6-9,12,14-17,19-20,25,32,34-35,38H,5,10-11,13,18,21-24,26-28H2,1-2H3. The van der Waals surface area contributed by atoms with Crippen LogP contribution in [-0.4, -0.2) is 73.5 Å². The summed E-state index contributed by atoms with van der Waals surface area (Å²) in [5, 5.41) is 3.69. The molecule has 3 aliphatic rings. The summed E-state index contributed by atoms with van der Waals surface area (Å²) >= 11 is 0. The molecule has 2 heterocycles. The number of likely N-dealkylation sites (tertiary alicyclic amines) is 2. The van der Waals surface area contributed by atoms with Crippen molar-refractivity contribution in [2.45, 2.75) is 68.5 Å². The fraction of sp³-hybridized carbons (Fsp3) is 0.486. The predicted molar refractivity (Wildman–Crippen MR) is 172 cm³/mol. The Morgan fingerprint density at radius 3 is 2.40 bits per heavy atom. The lowest BCUT2D eigenvalue weighted by atomic mass is 9.88. The van der Waals surface area contributed by atoms with E-state index < -0.39 is 0 Å². The average Bonchev–Trinajstić information content (AvgIpc) is 3.81. The van der Waals surface area contributed by atoms with E-state index in [1.54, 1.807) is 0 Å². The summed E-state index contributed by atoms with van der Waals surface area (Å²) in [7, 11) is 4.14. The van der Waals surface area contributed by atoms with Gasteiger partial charge in [-0.25, -0.2) is 0 Å². The van der Waals surface area contributed by atoms with Crippen molar-refractivity contribution in [3.8, 4) is 0 Å². The maximum atomic E-state index is 13.6. The number of carbonyl (C=O) groups excluding carboxylic acids is 1. The Kier molecular flexibility index (Phi) is 9.09. The second kappa shape index (κ2) is 13.1. The monoisotopic (exact) mass is 564 g/mol. The van der Waals surface area contributed by atoms with Gasteiger partial charge in [0.1, 0.15) is 0 Å². The van der Waals surface area contributed by atoms with E-state index in [2.05, 4.69) is 88.9 Å². The molecule has 3 fully saturated rings. The summed E-state index contributed by atoms with van der Waals surface area (Å²) in [6.45, 7) is 5.44. The highest BCUT2D eigenvalue weighted by atomic mass is 16.2. The molecule has 2 aliphatic heterocycles. The highest BCUT2D eigenvalue weighted by Gasteiger charge is 2.57. The molecule has 1 saturated carbocycles. The van der Waals surface area contributed by atoms with Crippen LogP contribution in [-0.2, 0) is 16.8 Å². The van der Waals surface area contributed by atoms with E-state index >= 15 is 0 Å². The fourth-order valence-corrected chi connectivity index (χ4v) is 7.63. The zero-order valence-corrected chi connectivity index (χ0v) is 25.6. The normalized spacial score (nSPS) is 25.6. The molecule has 0 radical (unpaired) electrons. The lowest BCUT2D eigenvalue weighted by molar-refractivity contribution is -0.131. The first-order valence-electron chi connectivity index (χ1n) is 16.2. The Bertz CT molecular complexity index is 1310. The van der Waals surface area contributed by atoms with Crippen molar-refractivity contribution in [3.63, 3.8) is 0 Å². The summed E-state index contributed by atoms with van der Waals surface area (Å²) in [4.78, 5) is 20.9. The van der Waals surface area contributed by atoms with Crippen LogP contribution in [0.15, 0.2) is 84.9 Å². The molecule has 5 heteroatoms. The third-order valence-electron chi connectivity index (χ3n) is 10.3. The van der Waals surface area contributed by atoms with Crippen LogP contribution in [0.3, 0.4) is 0 Å². The molecule has 4 atom stereocenters.